The summed E-state index contributed by atoms with van der Waals surface area (Å²) in [5.41, 5.74) is 9.35. The number of halogens is 1. The van der Waals surface area contributed by atoms with E-state index in [1.807, 2.05) is 0 Å². The quantitative estimate of drug-likeness (QED) is 0.173. The Bertz CT molecular complexity index is 2220. The van der Waals surface area contributed by atoms with Crippen molar-refractivity contribution >= 4 is 41.5 Å². The number of primary amides is 2. The van der Waals surface area contributed by atoms with Crippen LogP contribution < -0.4 is 27.0 Å². The number of anilines is 1. The number of carbonyl (C=O) groups excluding carboxylic acids is 4. The number of likely N-dealkylation sites (tertiary alicyclic amines) is 2. The second-order valence-corrected chi connectivity index (χ2v) is 18.7. The highest BCUT2D eigenvalue weighted by Crippen LogP contribution is 2.61. The van der Waals surface area contributed by atoms with Gasteiger partial charge in [0.2, 0.25) is 11.8 Å². The highest BCUT2D eigenvalue weighted by Gasteiger charge is 2.68. The lowest BCUT2D eigenvalue weighted by Gasteiger charge is -2.59. The summed E-state index contributed by atoms with van der Waals surface area (Å²) in [6.07, 6.45) is 0.515. The maximum Gasteiger partial charge on any atom is 0.411 e. The molecule has 0 spiro atoms. The Morgan fingerprint density at radius 2 is 1.02 bits per heavy atom. The van der Waals surface area contributed by atoms with Crippen molar-refractivity contribution in [2.75, 3.05) is 18.0 Å². The van der Waals surface area contributed by atoms with Crippen LogP contribution in [0, 0.1) is 16.6 Å². The van der Waals surface area contributed by atoms with E-state index in [-0.39, 0.29) is 12.1 Å². The molecular weight excluding hydrogens is 798 g/mol. The summed E-state index contributed by atoms with van der Waals surface area (Å²) in [4.78, 5) is 87.6. The monoisotopic (exact) mass is 851 g/mol. The van der Waals surface area contributed by atoms with Gasteiger partial charge in [-0.15, -0.1) is 0 Å². The van der Waals surface area contributed by atoms with Crippen LogP contribution in [0.4, 0.5) is 19.7 Å². The van der Waals surface area contributed by atoms with E-state index in [2.05, 4.69) is 25.3 Å². The molecule has 0 saturated carbocycles. The van der Waals surface area contributed by atoms with Crippen LogP contribution in [-0.2, 0) is 30.3 Å². The number of carboxylic acid groups (broad SMARTS) is 2. The Kier molecular flexibility index (Phi) is 10.5. The zero-order valence-corrected chi connectivity index (χ0v) is 35.3. The summed E-state index contributed by atoms with van der Waals surface area (Å²) in [7, 11) is 0. The number of hydrogen-bond acceptors (Lipinski definition) is 9. The van der Waals surface area contributed by atoms with Crippen molar-refractivity contribution in [1.29, 1.82) is 0 Å². The van der Waals surface area contributed by atoms with Crippen LogP contribution in [0.3, 0.4) is 0 Å². The third-order valence-corrected chi connectivity index (χ3v) is 15.2. The van der Waals surface area contributed by atoms with Crippen LogP contribution in [0.2, 0.25) is 0 Å². The molecule has 8 rings (SSSR count). The molecule has 4 unspecified atom stereocenters. The topological polar surface area (TPSA) is 229 Å². The Morgan fingerprint density at radius 1 is 0.613 bits per heavy atom. The number of carbonyl (C=O) groups is 6. The number of hydrogen-bond donors (Lipinski definition) is 6. The summed E-state index contributed by atoms with van der Waals surface area (Å²) < 4.78 is 14.7. The lowest BCUT2D eigenvalue weighted by atomic mass is 9.54. The smallest absolute Gasteiger partial charge is 0.411 e. The Hall–Kier alpha value is -5.87. The van der Waals surface area contributed by atoms with Crippen LogP contribution >= 0.6 is 0 Å². The van der Waals surface area contributed by atoms with Crippen molar-refractivity contribution in [3.05, 3.63) is 101 Å². The van der Waals surface area contributed by atoms with Gasteiger partial charge in [-0.05, 0) is 98.1 Å². The van der Waals surface area contributed by atoms with Crippen molar-refractivity contribution in [2.24, 2.45) is 22.3 Å². The van der Waals surface area contributed by atoms with Crippen molar-refractivity contribution in [3.8, 4) is 0 Å². The first-order valence-electron chi connectivity index (χ1n) is 21.3. The standard InChI is InChI=1S/C46H54FN7O8/c1-43(2)35(37(48)55)25-9-5-11-27(23-25)45(43,39(57)50-41(59)60)52-21-7-13-31(52)33-19-20-34(54(33)30-17-15-29(47)16-18-30)32-14-8-22-53(32)46(40(58)51-42(61)62)28-12-6-10-26(24-28)36(38(49)56)44(46,3)4/h5-6,9-12,15-18,23-24,31-36H,7-8,13-14,19-22H2,1-4H3,(H2,48,55)(H2,49,56)(H,50,57)(H,51,58)(H,59,60)(H,61,62)/t31?,32?,33-,34-,35?,36?,45+,46+/m1/s1. The molecule has 3 aromatic carbocycles. The Labute approximate surface area is 359 Å². The lowest BCUT2D eigenvalue weighted by molar-refractivity contribution is -0.152. The number of fused-ring (bicyclic) bond motifs is 4. The van der Waals surface area contributed by atoms with Crippen LogP contribution in [0.15, 0.2) is 72.8 Å². The van der Waals surface area contributed by atoms with Crippen LogP contribution in [-0.4, -0.2) is 93.1 Å². The van der Waals surface area contributed by atoms with Gasteiger partial charge in [-0.25, -0.2) is 14.0 Å². The zero-order valence-electron chi connectivity index (χ0n) is 35.3. The molecule has 3 heterocycles. The number of amides is 6. The van der Waals surface area contributed by atoms with E-state index in [0.29, 0.717) is 79.6 Å². The molecule has 16 heteroatoms. The number of nitrogens with zero attached hydrogens (tertiary/aromatic N) is 3. The molecule has 328 valence electrons. The predicted octanol–water partition coefficient (Wildman–Crippen LogP) is 4.69. The van der Waals surface area contributed by atoms with Crippen molar-refractivity contribution in [3.63, 3.8) is 0 Å². The highest BCUT2D eigenvalue weighted by molar-refractivity contribution is 6.01. The fourth-order valence-corrected chi connectivity index (χ4v) is 13.3. The summed E-state index contributed by atoms with van der Waals surface area (Å²) in [6, 6.07) is 18.8. The van der Waals surface area contributed by atoms with E-state index >= 15 is 0 Å². The number of rotatable bonds is 9. The second-order valence-electron chi connectivity index (χ2n) is 18.7. The SMILES string of the molecule is CC1(C)C(C(N)=O)c2cccc(c2)[C@@]1(C(=O)NC(=O)O)N1CCCC1[C@H]1CC[C@H](C2CCCN2[C@]2(C(=O)NC(=O)O)c3cccc(c3)C(C(N)=O)C2(C)C)N1c1ccc(F)cc1. The molecule has 4 bridgehead atoms. The molecule has 3 aliphatic heterocycles. The largest absolute Gasteiger partial charge is 0.465 e. The van der Waals surface area contributed by atoms with Gasteiger partial charge in [-0.2, -0.15) is 0 Å². The van der Waals surface area contributed by atoms with Crippen LogP contribution in [0.5, 0.6) is 0 Å². The van der Waals surface area contributed by atoms with E-state index in [1.54, 1.807) is 88.4 Å². The second kappa shape index (κ2) is 15.2. The summed E-state index contributed by atoms with van der Waals surface area (Å²) in [5.74, 6) is -5.25. The van der Waals surface area contributed by atoms with Gasteiger partial charge < -0.3 is 26.6 Å². The molecule has 3 fully saturated rings. The molecule has 62 heavy (non-hydrogen) atoms. The summed E-state index contributed by atoms with van der Waals surface area (Å²) >= 11 is 0. The van der Waals surface area contributed by atoms with Gasteiger partial charge >= 0.3 is 12.2 Å². The van der Waals surface area contributed by atoms with E-state index < -0.39 is 87.5 Å². The number of nitrogens with one attached hydrogen (secondary N) is 2. The molecule has 0 aromatic heterocycles. The predicted molar refractivity (Wildman–Crippen MR) is 225 cm³/mol. The first kappa shape index (κ1) is 42.8. The average molecular weight is 852 g/mol. The van der Waals surface area contributed by atoms with Crippen LogP contribution in [0.1, 0.15) is 100 Å². The van der Waals surface area contributed by atoms with Crippen LogP contribution in [0.25, 0.3) is 0 Å². The third-order valence-electron chi connectivity index (χ3n) is 15.2. The fraction of sp³-hybridized carbons (Fsp3) is 0.478. The molecule has 8 atom stereocenters. The molecule has 15 nitrogen and oxygen atoms in total. The van der Waals surface area contributed by atoms with Gasteiger partial charge in [0.25, 0.3) is 11.8 Å². The maximum atomic E-state index is 14.9. The van der Waals surface area contributed by atoms with Crippen molar-refractivity contribution < 1.29 is 43.4 Å². The van der Waals surface area contributed by atoms with Gasteiger partial charge in [-0.3, -0.25) is 39.6 Å². The minimum absolute atomic E-state index is 0.359. The maximum absolute atomic E-state index is 14.9. The number of nitrogens with two attached hydrogens (primary N) is 2. The molecule has 6 amide bonds. The van der Waals surface area contributed by atoms with E-state index in [9.17, 15) is 43.4 Å². The molecule has 2 aliphatic carbocycles. The average Bonchev–Trinajstić information content (AvgIpc) is 3.95. The first-order valence-corrected chi connectivity index (χ1v) is 21.3. The zero-order chi connectivity index (χ0) is 44.7. The molecule has 3 aromatic rings. The summed E-state index contributed by atoms with van der Waals surface area (Å²) in [5, 5.41) is 24.4. The minimum Gasteiger partial charge on any atom is -0.465 e. The number of benzene rings is 3. The normalized spacial score (nSPS) is 31.0. The van der Waals surface area contributed by atoms with Gasteiger partial charge in [-0.1, -0.05) is 76.2 Å². The Morgan fingerprint density at radius 3 is 1.39 bits per heavy atom. The first-order chi connectivity index (χ1) is 29.3. The van der Waals surface area contributed by atoms with E-state index in [0.717, 1.165) is 0 Å². The highest BCUT2D eigenvalue weighted by atomic mass is 19.1. The third kappa shape index (κ3) is 6.03. The van der Waals surface area contributed by atoms with E-state index in [4.69, 9.17) is 11.5 Å². The minimum atomic E-state index is -1.69. The van der Waals surface area contributed by atoms with Crippen molar-refractivity contribution in [1.82, 2.24) is 20.4 Å². The fourth-order valence-electron chi connectivity index (χ4n) is 13.3. The van der Waals surface area contributed by atoms with Crippen molar-refractivity contribution in [2.45, 2.75) is 113 Å². The molecule has 8 N–H and O–H groups in total. The van der Waals surface area contributed by atoms with Gasteiger partial charge in [0, 0.05) is 40.7 Å². The van der Waals surface area contributed by atoms with Gasteiger partial charge in [0.05, 0.1) is 11.8 Å². The lowest BCUT2D eigenvalue weighted by Crippen LogP contribution is -2.71. The van der Waals surface area contributed by atoms with Gasteiger partial charge in [0.1, 0.15) is 16.9 Å². The molecule has 0 radical (unpaired) electrons. The van der Waals surface area contributed by atoms with E-state index in [1.165, 1.54) is 12.1 Å². The molecule has 3 saturated heterocycles. The Balaban J connectivity index is 1.28. The number of imide groups is 2. The molecular formula is C46H54FN7O8. The molecule has 5 aliphatic rings. The summed E-state index contributed by atoms with van der Waals surface area (Å²) in [6.45, 7) is 7.89. The van der Waals surface area contributed by atoms with Gasteiger partial charge in [0.15, 0.2) is 0 Å².